The smallest absolute Gasteiger partial charge is 0.487 e. The second-order valence-corrected chi connectivity index (χ2v) is 9.79. The van der Waals surface area contributed by atoms with Crippen LogP contribution in [0.4, 0.5) is 13.2 Å². The lowest BCUT2D eigenvalue weighted by atomic mass is 9.80. The number of benzene rings is 2. The van der Waals surface area contributed by atoms with Crippen molar-refractivity contribution in [1.82, 2.24) is 4.98 Å². The molecule has 5 nitrogen and oxygen atoms in total. The van der Waals surface area contributed by atoms with Crippen LogP contribution in [-0.2, 0) is 16.7 Å². The number of hydrogen-bond donors (Lipinski definition) is 0. The Kier molecular flexibility index (Phi) is 7.11. The molecule has 0 aliphatic heterocycles. The summed E-state index contributed by atoms with van der Waals surface area (Å²) in [6.07, 6.45) is 6.05. The van der Waals surface area contributed by atoms with E-state index in [0.29, 0.717) is 18.3 Å². The number of aromatic nitrogens is 1. The van der Waals surface area contributed by atoms with Gasteiger partial charge in [-0.15, -0.1) is 0 Å². The minimum atomic E-state index is -5.70. The van der Waals surface area contributed by atoms with Gasteiger partial charge in [0.2, 0.25) is 0 Å². The molecule has 0 N–H and O–H groups in total. The van der Waals surface area contributed by atoms with Crippen LogP contribution in [0.3, 0.4) is 0 Å². The minimum absolute atomic E-state index is 0.0283. The van der Waals surface area contributed by atoms with Crippen LogP contribution in [0.25, 0.3) is 0 Å². The molecule has 0 amide bonds. The van der Waals surface area contributed by atoms with Crippen LogP contribution in [0, 0.1) is 5.92 Å². The second kappa shape index (κ2) is 10.0. The molecular formula is C25H24F3NO4S. The molecule has 2 aromatic carbocycles. The molecule has 1 heterocycles. The highest BCUT2D eigenvalue weighted by Crippen LogP contribution is 2.42. The maximum absolute atomic E-state index is 12.6. The summed E-state index contributed by atoms with van der Waals surface area (Å²) in [5, 5.41) is 0. The number of ether oxygens (including phenoxy) is 1. The highest BCUT2D eigenvalue weighted by molar-refractivity contribution is 7.88. The van der Waals surface area contributed by atoms with Crippen molar-refractivity contribution >= 4 is 10.1 Å². The topological polar surface area (TPSA) is 65.5 Å². The van der Waals surface area contributed by atoms with Crippen molar-refractivity contribution in [2.45, 2.75) is 43.7 Å². The molecule has 1 aromatic heterocycles. The average molecular weight is 492 g/mol. The fourth-order valence-corrected chi connectivity index (χ4v) is 4.80. The van der Waals surface area contributed by atoms with E-state index in [9.17, 15) is 21.6 Å². The third-order valence-electron chi connectivity index (χ3n) is 5.95. The Morgan fingerprint density at radius 2 is 1.47 bits per heavy atom. The lowest BCUT2D eigenvalue weighted by Crippen LogP contribution is -2.28. The Hall–Kier alpha value is -3.07. The number of hydrogen-bond acceptors (Lipinski definition) is 5. The average Bonchev–Trinajstić information content (AvgIpc) is 3.34. The Bertz CT molecular complexity index is 1180. The first-order valence-corrected chi connectivity index (χ1v) is 12.4. The third kappa shape index (κ3) is 5.70. The quantitative estimate of drug-likeness (QED) is 0.277. The Balaban J connectivity index is 1.52. The van der Waals surface area contributed by atoms with E-state index in [-0.39, 0.29) is 11.7 Å². The molecule has 1 aliphatic rings. The molecule has 0 spiro atoms. The summed E-state index contributed by atoms with van der Waals surface area (Å²) in [6, 6.07) is 19.2. The van der Waals surface area contributed by atoms with Gasteiger partial charge in [-0.3, -0.25) is 4.98 Å². The molecule has 1 saturated carbocycles. The molecule has 3 aromatic rings. The zero-order valence-corrected chi connectivity index (χ0v) is 19.1. The van der Waals surface area contributed by atoms with Gasteiger partial charge in [-0.25, -0.2) is 0 Å². The van der Waals surface area contributed by atoms with Crippen molar-refractivity contribution in [3.8, 4) is 11.5 Å². The first-order chi connectivity index (χ1) is 16.2. The molecule has 34 heavy (non-hydrogen) atoms. The Labute approximate surface area is 196 Å². The normalized spacial score (nSPS) is 15.7. The van der Waals surface area contributed by atoms with Crippen molar-refractivity contribution in [2.24, 2.45) is 5.92 Å². The summed E-state index contributed by atoms with van der Waals surface area (Å²) >= 11 is 0. The van der Waals surface area contributed by atoms with Crippen LogP contribution < -0.4 is 8.92 Å². The van der Waals surface area contributed by atoms with Crippen molar-refractivity contribution in [3.63, 3.8) is 0 Å². The molecule has 4 rings (SSSR count). The zero-order valence-electron chi connectivity index (χ0n) is 18.2. The molecule has 0 bridgehead atoms. The lowest BCUT2D eigenvalue weighted by molar-refractivity contribution is -0.0500. The molecule has 1 fully saturated rings. The summed E-state index contributed by atoms with van der Waals surface area (Å²) in [7, 11) is -5.70. The standard InChI is InChI=1S/C25H24F3NO4S/c26-25(27,28)34(30,31)33-23-14-10-20(11-15-23)24(18-5-1-2-6-18)19-8-12-22(13-9-19)32-17-21-7-3-4-16-29-21/h3-4,7-16,18,24H,1-2,5-6,17H2. The largest absolute Gasteiger partial charge is 0.534 e. The van der Waals surface area contributed by atoms with Crippen molar-refractivity contribution in [3.05, 3.63) is 89.7 Å². The van der Waals surface area contributed by atoms with E-state index in [0.717, 1.165) is 42.5 Å². The summed E-state index contributed by atoms with van der Waals surface area (Å²) < 4.78 is 70.5. The van der Waals surface area contributed by atoms with Crippen LogP contribution in [0.2, 0.25) is 0 Å². The Morgan fingerprint density at radius 1 is 0.882 bits per heavy atom. The molecule has 1 unspecified atom stereocenters. The van der Waals surface area contributed by atoms with E-state index in [1.165, 1.54) is 12.1 Å². The molecule has 1 aliphatic carbocycles. The second-order valence-electron chi connectivity index (χ2n) is 8.25. The predicted octanol–water partition coefficient (Wildman–Crippen LogP) is 6.21. The van der Waals surface area contributed by atoms with Crippen molar-refractivity contribution in [2.75, 3.05) is 0 Å². The van der Waals surface area contributed by atoms with Crippen LogP contribution in [0.1, 0.15) is 48.4 Å². The lowest BCUT2D eigenvalue weighted by Gasteiger charge is -2.25. The molecule has 0 saturated heterocycles. The number of alkyl halides is 3. The van der Waals surface area contributed by atoms with E-state index in [1.54, 1.807) is 18.3 Å². The number of rotatable bonds is 8. The van der Waals surface area contributed by atoms with Gasteiger partial charge >= 0.3 is 15.6 Å². The molecule has 0 radical (unpaired) electrons. The number of halogens is 3. The van der Waals surface area contributed by atoms with Crippen molar-refractivity contribution < 1.29 is 30.5 Å². The highest BCUT2D eigenvalue weighted by Gasteiger charge is 2.48. The Morgan fingerprint density at radius 3 is 2.00 bits per heavy atom. The molecule has 180 valence electrons. The molecule has 9 heteroatoms. The van der Waals surface area contributed by atoms with E-state index in [1.807, 2.05) is 42.5 Å². The van der Waals surface area contributed by atoms with Crippen LogP contribution in [0.15, 0.2) is 72.9 Å². The number of pyridine rings is 1. The van der Waals surface area contributed by atoms with Gasteiger partial charge in [0, 0.05) is 12.1 Å². The monoisotopic (exact) mass is 491 g/mol. The maximum Gasteiger partial charge on any atom is 0.534 e. The van der Waals surface area contributed by atoms with Crippen LogP contribution in [-0.4, -0.2) is 18.9 Å². The van der Waals surface area contributed by atoms with Gasteiger partial charge in [-0.2, -0.15) is 21.6 Å². The van der Waals surface area contributed by atoms with Gasteiger partial charge < -0.3 is 8.92 Å². The summed E-state index contributed by atoms with van der Waals surface area (Å²) in [6.45, 7) is 0.356. The molecular weight excluding hydrogens is 467 g/mol. The van der Waals surface area contributed by atoms with E-state index in [4.69, 9.17) is 4.74 Å². The van der Waals surface area contributed by atoms with E-state index < -0.39 is 15.6 Å². The van der Waals surface area contributed by atoms with Gasteiger partial charge in [-0.05, 0) is 66.3 Å². The van der Waals surface area contributed by atoms with Gasteiger partial charge in [0.25, 0.3) is 0 Å². The first-order valence-electron chi connectivity index (χ1n) is 11.0. The van der Waals surface area contributed by atoms with Crippen molar-refractivity contribution in [1.29, 1.82) is 0 Å². The fourth-order valence-electron chi connectivity index (χ4n) is 4.34. The summed E-state index contributed by atoms with van der Waals surface area (Å²) in [4.78, 5) is 4.24. The minimum Gasteiger partial charge on any atom is -0.487 e. The SMILES string of the molecule is O=S(=O)(Oc1ccc(C(c2ccc(OCc3ccccn3)cc2)C2CCCC2)cc1)C(F)(F)F. The predicted molar refractivity (Wildman–Crippen MR) is 121 cm³/mol. The van der Waals surface area contributed by atoms with Gasteiger partial charge in [0.05, 0.1) is 5.69 Å². The maximum atomic E-state index is 12.6. The van der Waals surface area contributed by atoms with Crippen LogP contribution >= 0.6 is 0 Å². The highest BCUT2D eigenvalue weighted by atomic mass is 32.2. The van der Waals surface area contributed by atoms with Gasteiger partial charge in [-0.1, -0.05) is 43.2 Å². The zero-order chi connectivity index (χ0) is 24.2. The number of nitrogens with zero attached hydrogens (tertiary/aromatic N) is 1. The molecule has 1 atom stereocenters. The fraction of sp³-hybridized carbons (Fsp3) is 0.320. The summed E-state index contributed by atoms with van der Waals surface area (Å²) in [5.41, 5.74) is -2.69. The van der Waals surface area contributed by atoms with E-state index in [2.05, 4.69) is 9.17 Å². The van der Waals surface area contributed by atoms with Gasteiger partial charge in [0.15, 0.2) is 0 Å². The van der Waals surface area contributed by atoms with Gasteiger partial charge in [0.1, 0.15) is 18.1 Å². The van der Waals surface area contributed by atoms with Crippen LogP contribution in [0.5, 0.6) is 11.5 Å². The third-order valence-corrected chi connectivity index (χ3v) is 6.93. The van der Waals surface area contributed by atoms with E-state index >= 15 is 0 Å². The first kappa shape index (κ1) is 24.1. The summed E-state index contributed by atoms with van der Waals surface area (Å²) in [5.74, 6) is 0.747.